The Labute approximate surface area is 213 Å². The zero-order valence-corrected chi connectivity index (χ0v) is 21.2. The van der Waals surface area contributed by atoms with Gasteiger partial charge in [0.15, 0.2) is 0 Å². The molecular formula is C30H38N4O2. The highest BCUT2D eigenvalue weighted by molar-refractivity contribution is 5.83. The van der Waals surface area contributed by atoms with Crippen molar-refractivity contribution in [1.29, 1.82) is 0 Å². The molecule has 1 unspecified atom stereocenters. The molecule has 1 aliphatic heterocycles. The van der Waals surface area contributed by atoms with Gasteiger partial charge in [0.25, 0.3) is 0 Å². The van der Waals surface area contributed by atoms with Crippen LogP contribution in [0.5, 0.6) is 0 Å². The molecule has 5 rings (SSSR count). The quantitative estimate of drug-likeness (QED) is 0.461. The summed E-state index contributed by atoms with van der Waals surface area (Å²) in [7, 11) is 0. The lowest BCUT2D eigenvalue weighted by Gasteiger charge is -2.38. The van der Waals surface area contributed by atoms with Crippen molar-refractivity contribution >= 4 is 22.7 Å². The van der Waals surface area contributed by atoms with E-state index in [2.05, 4.69) is 47.7 Å². The molecule has 1 saturated carbocycles. The molecule has 0 radical (unpaired) electrons. The van der Waals surface area contributed by atoms with Crippen molar-refractivity contribution in [1.82, 2.24) is 15.2 Å². The first-order valence-electron chi connectivity index (χ1n) is 13.4. The predicted molar refractivity (Wildman–Crippen MR) is 144 cm³/mol. The summed E-state index contributed by atoms with van der Waals surface area (Å²) >= 11 is 0. The lowest BCUT2D eigenvalue weighted by atomic mass is 9.80. The first kappa shape index (κ1) is 24.6. The van der Waals surface area contributed by atoms with Gasteiger partial charge in [0, 0.05) is 36.2 Å². The number of hydrogen-bond donors (Lipinski definition) is 3. The molecule has 2 aliphatic rings. The number of piperidine rings is 1. The van der Waals surface area contributed by atoms with E-state index in [1.54, 1.807) is 0 Å². The summed E-state index contributed by atoms with van der Waals surface area (Å²) in [6, 6.07) is 16.6. The number of primary amides is 1. The highest BCUT2D eigenvalue weighted by Gasteiger charge is 2.34. The molecule has 36 heavy (non-hydrogen) atoms. The molecule has 6 heteroatoms. The predicted octanol–water partition coefficient (Wildman–Crippen LogP) is 4.43. The summed E-state index contributed by atoms with van der Waals surface area (Å²) in [6.45, 7) is 3.43. The Hall–Kier alpha value is -3.12. The molecule has 1 aliphatic carbocycles. The van der Waals surface area contributed by atoms with Crippen molar-refractivity contribution in [2.75, 3.05) is 13.1 Å². The number of nitrogens with two attached hydrogens (primary N) is 1. The number of para-hydroxylation sites is 1. The number of benzene rings is 2. The van der Waals surface area contributed by atoms with E-state index in [1.807, 2.05) is 29.2 Å². The van der Waals surface area contributed by atoms with Crippen molar-refractivity contribution in [3.05, 3.63) is 71.4 Å². The summed E-state index contributed by atoms with van der Waals surface area (Å²) < 4.78 is 0. The first-order valence-corrected chi connectivity index (χ1v) is 13.4. The van der Waals surface area contributed by atoms with Gasteiger partial charge >= 0.3 is 0 Å². The van der Waals surface area contributed by atoms with Crippen molar-refractivity contribution in [2.45, 2.75) is 69.9 Å². The Morgan fingerprint density at radius 3 is 2.39 bits per heavy atom. The Balaban J connectivity index is 1.12. The second-order valence-corrected chi connectivity index (χ2v) is 10.8. The molecule has 1 atom stereocenters. The lowest BCUT2D eigenvalue weighted by Crippen LogP contribution is -2.54. The summed E-state index contributed by atoms with van der Waals surface area (Å²) in [5.74, 6) is 0.626. The molecule has 1 aromatic heterocycles. The number of aryl methyl sites for hydroxylation is 1. The van der Waals surface area contributed by atoms with Crippen LogP contribution >= 0.6 is 0 Å². The molecule has 190 valence electrons. The number of aromatic nitrogens is 1. The van der Waals surface area contributed by atoms with Gasteiger partial charge in [-0.25, -0.2) is 0 Å². The van der Waals surface area contributed by atoms with Crippen LogP contribution in [0.25, 0.3) is 10.9 Å². The number of hydrogen-bond acceptors (Lipinski definition) is 3. The van der Waals surface area contributed by atoms with Crippen LogP contribution in [0.3, 0.4) is 0 Å². The Kier molecular flexibility index (Phi) is 7.42. The molecule has 2 aromatic carbocycles. The largest absolute Gasteiger partial charge is 0.368 e. The third-order valence-electron chi connectivity index (χ3n) is 8.35. The van der Waals surface area contributed by atoms with Gasteiger partial charge in [-0.3, -0.25) is 9.59 Å². The molecule has 3 aromatic rings. The number of fused-ring (bicyclic) bond motifs is 1. The molecule has 2 fully saturated rings. The van der Waals surface area contributed by atoms with Crippen molar-refractivity contribution in [3.63, 3.8) is 0 Å². The van der Waals surface area contributed by atoms with E-state index < -0.39 is 0 Å². The minimum Gasteiger partial charge on any atom is -0.368 e. The Morgan fingerprint density at radius 1 is 1.00 bits per heavy atom. The zero-order valence-electron chi connectivity index (χ0n) is 21.2. The maximum absolute atomic E-state index is 12.8. The van der Waals surface area contributed by atoms with Crippen LogP contribution in [0.2, 0.25) is 0 Å². The third-order valence-corrected chi connectivity index (χ3v) is 8.35. The Morgan fingerprint density at radius 2 is 1.69 bits per heavy atom. The van der Waals surface area contributed by atoms with E-state index in [0.29, 0.717) is 31.5 Å². The molecule has 2 heterocycles. The summed E-state index contributed by atoms with van der Waals surface area (Å²) in [5.41, 5.74) is 10.7. The number of H-pyrrole nitrogens is 1. The van der Waals surface area contributed by atoms with Gasteiger partial charge < -0.3 is 20.9 Å². The van der Waals surface area contributed by atoms with E-state index in [9.17, 15) is 9.59 Å². The average Bonchev–Trinajstić information content (AvgIpc) is 3.33. The second kappa shape index (κ2) is 10.9. The van der Waals surface area contributed by atoms with Crippen LogP contribution < -0.4 is 11.1 Å². The topological polar surface area (TPSA) is 91.2 Å². The molecule has 0 bridgehead atoms. The number of rotatable bonds is 7. The standard InChI is InChI=1S/C30H38N4O2/c1-20-6-8-21(9-7-20)18-28(35)34-16-14-23(15-17-34)29(30(31)36)33-24-12-10-22(11-13-24)26-19-32-27-5-3-2-4-25(26)27/h2-9,19,22-24,29,32-33H,10-18H2,1H3,(H2,31,36). The van der Waals surface area contributed by atoms with Gasteiger partial charge in [0.2, 0.25) is 11.8 Å². The summed E-state index contributed by atoms with van der Waals surface area (Å²) in [5, 5.41) is 4.96. The maximum Gasteiger partial charge on any atom is 0.234 e. The normalized spacial score (nSPS) is 22.0. The number of amides is 2. The highest BCUT2D eigenvalue weighted by atomic mass is 16.2. The molecule has 1 saturated heterocycles. The van der Waals surface area contributed by atoms with Gasteiger partial charge in [-0.05, 0) is 74.5 Å². The van der Waals surface area contributed by atoms with Gasteiger partial charge in [-0.2, -0.15) is 0 Å². The second-order valence-electron chi connectivity index (χ2n) is 10.8. The minimum absolute atomic E-state index is 0.163. The Bertz CT molecular complexity index is 1190. The molecule has 6 nitrogen and oxygen atoms in total. The van der Waals surface area contributed by atoms with Crippen molar-refractivity contribution < 1.29 is 9.59 Å². The summed E-state index contributed by atoms with van der Waals surface area (Å²) in [6.07, 6.45) is 8.53. The smallest absolute Gasteiger partial charge is 0.234 e. The number of carbonyl (C=O) groups excluding carboxylic acids is 2. The fraction of sp³-hybridized carbons (Fsp3) is 0.467. The third kappa shape index (κ3) is 5.49. The van der Waals surface area contributed by atoms with E-state index in [1.165, 1.54) is 22.0 Å². The lowest BCUT2D eigenvalue weighted by molar-refractivity contribution is -0.132. The zero-order chi connectivity index (χ0) is 25.1. The number of nitrogens with zero attached hydrogens (tertiary/aromatic N) is 1. The molecule has 0 spiro atoms. The van der Waals surface area contributed by atoms with E-state index in [4.69, 9.17) is 5.73 Å². The minimum atomic E-state index is -0.325. The summed E-state index contributed by atoms with van der Waals surface area (Å²) in [4.78, 5) is 30.6. The number of nitrogens with one attached hydrogen (secondary N) is 2. The van der Waals surface area contributed by atoms with Crippen LogP contribution in [-0.4, -0.2) is 46.9 Å². The van der Waals surface area contributed by atoms with Crippen LogP contribution in [-0.2, 0) is 16.0 Å². The van der Waals surface area contributed by atoms with Gasteiger partial charge in [-0.15, -0.1) is 0 Å². The first-order chi connectivity index (χ1) is 17.5. The van der Waals surface area contributed by atoms with Crippen molar-refractivity contribution in [2.24, 2.45) is 11.7 Å². The van der Waals surface area contributed by atoms with Gasteiger partial charge in [0.1, 0.15) is 0 Å². The van der Waals surface area contributed by atoms with Crippen LogP contribution in [0.1, 0.15) is 61.1 Å². The van der Waals surface area contributed by atoms with E-state index >= 15 is 0 Å². The fourth-order valence-electron chi connectivity index (χ4n) is 6.18. The molecule has 2 amide bonds. The fourth-order valence-corrected chi connectivity index (χ4v) is 6.18. The van der Waals surface area contributed by atoms with Crippen LogP contribution in [0.15, 0.2) is 54.7 Å². The van der Waals surface area contributed by atoms with E-state index in [-0.39, 0.29) is 23.8 Å². The number of likely N-dealkylation sites (tertiary alicyclic amines) is 1. The van der Waals surface area contributed by atoms with Gasteiger partial charge in [0.05, 0.1) is 12.5 Å². The van der Waals surface area contributed by atoms with E-state index in [0.717, 1.165) is 44.1 Å². The molecular weight excluding hydrogens is 448 g/mol. The molecule has 4 N–H and O–H groups in total. The van der Waals surface area contributed by atoms with Crippen LogP contribution in [0, 0.1) is 12.8 Å². The van der Waals surface area contributed by atoms with Crippen molar-refractivity contribution in [3.8, 4) is 0 Å². The number of carbonyl (C=O) groups is 2. The van der Waals surface area contributed by atoms with Gasteiger partial charge in [-0.1, -0.05) is 48.0 Å². The highest BCUT2D eigenvalue weighted by Crippen LogP contribution is 2.37. The monoisotopic (exact) mass is 486 g/mol. The van der Waals surface area contributed by atoms with Crippen LogP contribution in [0.4, 0.5) is 0 Å². The SMILES string of the molecule is Cc1ccc(CC(=O)N2CCC(C(NC3CCC(c4c[nH]c5ccccc45)CC3)C(N)=O)CC2)cc1. The maximum atomic E-state index is 12.8. The number of aromatic amines is 1. The average molecular weight is 487 g/mol.